The molecule has 0 radical (unpaired) electrons. The Morgan fingerprint density at radius 1 is 1.10 bits per heavy atom. The van der Waals surface area contributed by atoms with Crippen LogP contribution in [0.25, 0.3) is 4.72 Å². The SMILES string of the molecule is O=C(C[N-]S(=O)(=O)c1ccccc1)Oc1cccc(I)c1. The molecular weight excluding hydrogens is 405 g/mol. The molecule has 0 aromatic heterocycles. The number of nitrogens with zero attached hydrogens (tertiary/aromatic N) is 1. The predicted octanol–water partition coefficient (Wildman–Crippen LogP) is 2.96. The van der Waals surface area contributed by atoms with Gasteiger partial charge in [-0.3, -0.25) is 4.79 Å². The molecule has 0 spiro atoms. The molecule has 2 aromatic carbocycles. The van der Waals surface area contributed by atoms with Crippen LogP contribution in [-0.4, -0.2) is 20.9 Å². The molecule has 5 nitrogen and oxygen atoms in total. The zero-order valence-electron chi connectivity index (χ0n) is 10.8. The maximum absolute atomic E-state index is 11.9. The zero-order chi connectivity index (χ0) is 15.3. The highest BCUT2D eigenvalue weighted by atomic mass is 127. The fourth-order valence-electron chi connectivity index (χ4n) is 1.50. The van der Waals surface area contributed by atoms with E-state index in [4.69, 9.17) is 4.74 Å². The monoisotopic (exact) mass is 416 g/mol. The molecule has 0 unspecified atom stereocenters. The van der Waals surface area contributed by atoms with Crippen LogP contribution in [0, 0.1) is 3.57 Å². The molecule has 0 aliphatic carbocycles. The van der Waals surface area contributed by atoms with E-state index in [-0.39, 0.29) is 4.90 Å². The number of halogens is 1. The molecule has 2 rings (SSSR count). The van der Waals surface area contributed by atoms with Crippen LogP contribution >= 0.6 is 22.6 Å². The molecule has 0 aliphatic rings. The Labute approximate surface area is 136 Å². The van der Waals surface area contributed by atoms with Crippen LogP contribution in [0.4, 0.5) is 0 Å². The van der Waals surface area contributed by atoms with Crippen LogP contribution < -0.4 is 4.74 Å². The third kappa shape index (κ3) is 4.80. The highest BCUT2D eigenvalue weighted by Gasteiger charge is 2.06. The quantitative estimate of drug-likeness (QED) is 0.427. The van der Waals surface area contributed by atoms with Gasteiger partial charge in [0.2, 0.25) is 0 Å². The fraction of sp³-hybridized carbons (Fsp3) is 0.0714. The summed E-state index contributed by atoms with van der Waals surface area (Å²) in [6.07, 6.45) is 0. The van der Waals surface area contributed by atoms with Crippen LogP contribution in [0.15, 0.2) is 59.5 Å². The van der Waals surface area contributed by atoms with Gasteiger partial charge in [-0.15, -0.1) is 0 Å². The van der Waals surface area contributed by atoms with Gasteiger partial charge in [0.1, 0.15) is 15.8 Å². The average Bonchev–Trinajstić information content (AvgIpc) is 2.46. The summed E-state index contributed by atoms with van der Waals surface area (Å²) < 4.78 is 33.1. The standard InChI is InChI=1S/C14H11INO4S/c15-11-5-4-6-12(9-11)20-14(17)10-16-21(18,19)13-7-2-1-3-8-13/h1-9H,10H2/q-1. The molecule has 0 fully saturated rings. The van der Waals surface area contributed by atoms with E-state index in [2.05, 4.69) is 27.3 Å². The summed E-state index contributed by atoms with van der Waals surface area (Å²) in [5.41, 5.74) is 0. The van der Waals surface area contributed by atoms with E-state index in [0.29, 0.717) is 5.75 Å². The lowest BCUT2D eigenvalue weighted by atomic mass is 10.3. The minimum atomic E-state index is -3.83. The summed E-state index contributed by atoms with van der Waals surface area (Å²) in [4.78, 5) is 11.7. The average molecular weight is 416 g/mol. The van der Waals surface area contributed by atoms with Gasteiger partial charge in [0.25, 0.3) is 5.97 Å². The molecule has 0 bridgehead atoms. The third-order valence-electron chi connectivity index (χ3n) is 2.43. The van der Waals surface area contributed by atoms with Gasteiger partial charge in [-0.2, -0.15) is 0 Å². The summed E-state index contributed by atoms with van der Waals surface area (Å²) >= 11 is 2.08. The van der Waals surface area contributed by atoms with Crippen LogP contribution in [0.5, 0.6) is 5.75 Å². The number of ether oxygens (including phenoxy) is 1. The highest BCUT2D eigenvalue weighted by molar-refractivity contribution is 14.1. The van der Waals surface area contributed by atoms with Crippen molar-refractivity contribution >= 4 is 38.6 Å². The third-order valence-corrected chi connectivity index (χ3v) is 4.44. The molecular formula is C14H11INO4S-. The zero-order valence-corrected chi connectivity index (χ0v) is 13.7. The van der Waals surface area contributed by atoms with Crippen LogP contribution in [0.1, 0.15) is 0 Å². The first-order valence-corrected chi connectivity index (χ1v) is 8.44. The van der Waals surface area contributed by atoms with Crippen LogP contribution in [0.3, 0.4) is 0 Å². The normalized spacial score (nSPS) is 11.1. The molecule has 0 amide bonds. The Hall–Kier alpha value is -1.45. The van der Waals surface area contributed by atoms with Gasteiger partial charge in [-0.25, -0.2) is 8.42 Å². The number of sulfonamides is 1. The van der Waals surface area contributed by atoms with Crippen molar-refractivity contribution in [3.8, 4) is 5.75 Å². The van der Waals surface area contributed by atoms with E-state index in [1.54, 1.807) is 36.4 Å². The van der Waals surface area contributed by atoms with Gasteiger partial charge in [-0.1, -0.05) is 24.3 Å². The molecule has 0 aliphatic heterocycles. The number of benzene rings is 2. The van der Waals surface area contributed by atoms with Gasteiger partial charge in [0.15, 0.2) is 0 Å². The molecule has 21 heavy (non-hydrogen) atoms. The van der Waals surface area contributed by atoms with E-state index in [0.717, 1.165) is 3.57 Å². The predicted molar refractivity (Wildman–Crippen MR) is 86.6 cm³/mol. The lowest BCUT2D eigenvalue weighted by molar-refractivity contribution is -0.132. The maximum atomic E-state index is 11.9. The Morgan fingerprint density at radius 3 is 2.48 bits per heavy atom. The Kier molecular flexibility index (Phi) is 5.32. The largest absolute Gasteiger partial charge is 0.535 e. The van der Waals surface area contributed by atoms with Crippen molar-refractivity contribution in [2.45, 2.75) is 4.90 Å². The van der Waals surface area contributed by atoms with Gasteiger partial charge in [-0.05, 0) is 59.5 Å². The summed E-state index contributed by atoms with van der Waals surface area (Å²) in [5.74, 6) is -0.365. The second kappa shape index (κ2) is 7.01. The Balaban J connectivity index is 1.95. The molecule has 0 N–H and O–H groups in total. The van der Waals surface area contributed by atoms with E-state index in [1.165, 1.54) is 12.1 Å². The minimum absolute atomic E-state index is 0.0482. The fourth-order valence-corrected chi connectivity index (χ4v) is 2.94. The number of hydrogen-bond acceptors (Lipinski definition) is 4. The summed E-state index contributed by atoms with van der Waals surface area (Å²) in [6.45, 7) is -0.553. The second-order valence-corrected chi connectivity index (χ2v) is 6.93. The number of carbonyl (C=O) groups is 1. The van der Waals surface area contributed by atoms with Crippen LogP contribution in [-0.2, 0) is 14.8 Å². The molecule has 7 heteroatoms. The second-order valence-electron chi connectivity index (χ2n) is 4.01. The molecule has 0 saturated carbocycles. The first kappa shape index (κ1) is 15.9. The molecule has 0 saturated heterocycles. The maximum Gasteiger partial charge on any atom is 0.290 e. The summed E-state index contributed by atoms with van der Waals surface area (Å²) in [6, 6.07) is 14.6. The first-order valence-electron chi connectivity index (χ1n) is 5.92. The first-order chi connectivity index (χ1) is 9.97. The smallest absolute Gasteiger partial charge is 0.290 e. The number of esters is 1. The number of carbonyl (C=O) groups excluding carboxylic acids is 1. The van der Waals surface area contributed by atoms with E-state index in [9.17, 15) is 13.2 Å². The molecule has 0 heterocycles. The van der Waals surface area contributed by atoms with Crippen molar-refractivity contribution < 1.29 is 17.9 Å². The van der Waals surface area contributed by atoms with Crippen molar-refractivity contribution in [2.75, 3.05) is 6.54 Å². The lowest BCUT2D eigenvalue weighted by Gasteiger charge is -2.18. The number of rotatable bonds is 5. The van der Waals surface area contributed by atoms with E-state index in [1.807, 2.05) is 6.07 Å². The van der Waals surface area contributed by atoms with Crippen molar-refractivity contribution in [3.63, 3.8) is 0 Å². The molecule has 110 valence electrons. The summed E-state index contributed by atoms with van der Waals surface area (Å²) in [7, 11) is -3.83. The van der Waals surface area contributed by atoms with Crippen molar-refractivity contribution in [1.29, 1.82) is 0 Å². The van der Waals surface area contributed by atoms with Gasteiger partial charge in [0, 0.05) is 8.47 Å². The van der Waals surface area contributed by atoms with E-state index < -0.39 is 22.5 Å². The highest BCUT2D eigenvalue weighted by Crippen LogP contribution is 2.18. The van der Waals surface area contributed by atoms with Gasteiger partial charge in [0.05, 0.1) is 0 Å². The van der Waals surface area contributed by atoms with Crippen molar-refractivity contribution in [1.82, 2.24) is 0 Å². The van der Waals surface area contributed by atoms with Crippen molar-refractivity contribution in [3.05, 3.63) is 62.9 Å². The molecule has 2 aromatic rings. The van der Waals surface area contributed by atoms with E-state index >= 15 is 0 Å². The minimum Gasteiger partial charge on any atom is -0.535 e. The Bertz CT molecular complexity index is 732. The van der Waals surface area contributed by atoms with Crippen LogP contribution in [0.2, 0.25) is 0 Å². The Morgan fingerprint density at radius 2 is 1.81 bits per heavy atom. The summed E-state index contributed by atoms with van der Waals surface area (Å²) in [5, 5.41) is 0. The lowest BCUT2D eigenvalue weighted by Crippen LogP contribution is -2.15. The van der Waals surface area contributed by atoms with Crippen molar-refractivity contribution in [2.24, 2.45) is 0 Å². The van der Waals surface area contributed by atoms with Gasteiger partial charge >= 0.3 is 0 Å². The number of hydrogen-bond donors (Lipinski definition) is 0. The molecule has 0 atom stereocenters. The topological polar surface area (TPSA) is 74.5 Å². The van der Waals surface area contributed by atoms with Gasteiger partial charge < -0.3 is 9.46 Å².